The fraction of sp³-hybridized carbons (Fsp3) is 0.350. The summed E-state index contributed by atoms with van der Waals surface area (Å²) < 4.78 is 5.64. The topological polar surface area (TPSA) is 94.7 Å². The molecule has 2 unspecified atom stereocenters. The van der Waals surface area contributed by atoms with Crippen LogP contribution in [0, 0.1) is 11.3 Å². The van der Waals surface area contributed by atoms with E-state index >= 15 is 0 Å². The Balaban J connectivity index is 3.33. The van der Waals surface area contributed by atoms with Gasteiger partial charge >= 0.3 is 0 Å². The maximum Gasteiger partial charge on any atom is 0.247 e. The lowest BCUT2D eigenvalue weighted by molar-refractivity contribution is -0.118. The van der Waals surface area contributed by atoms with E-state index in [9.17, 15) is 9.90 Å². The summed E-state index contributed by atoms with van der Waals surface area (Å²) in [5, 5.41) is 21.5. The number of ether oxygens (including phenoxy) is 1. The average molecular weight is 355 g/mol. The van der Waals surface area contributed by atoms with Gasteiger partial charge in [-0.3, -0.25) is 4.79 Å². The molecule has 0 fully saturated rings. The monoisotopic (exact) mass is 355 g/mol. The van der Waals surface area contributed by atoms with Crippen LogP contribution in [0.2, 0.25) is 0 Å². The molecule has 1 aliphatic heterocycles. The number of carbonyl (C=O) groups is 1. The van der Waals surface area contributed by atoms with Gasteiger partial charge in [0.05, 0.1) is 18.7 Å². The van der Waals surface area contributed by atoms with Gasteiger partial charge < -0.3 is 15.2 Å². The largest absolute Gasteiger partial charge is 0.477 e. The van der Waals surface area contributed by atoms with Crippen LogP contribution in [0.3, 0.4) is 0 Å². The number of nitrogens with zero attached hydrogens (tertiary/aromatic N) is 2. The van der Waals surface area contributed by atoms with Crippen molar-refractivity contribution in [2.75, 3.05) is 6.61 Å². The first kappa shape index (κ1) is 21.1. The highest BCUT2D eigenvalue weighted by molar-refractivity contribution is 6.09. The minimum absolute atomic E-state index is 0.333. The molecule has 1 rings (SSSR count). The number of nitrogens with one attached hydrogen (secondary N) is 1. The van der Waals surface area contributed by atoms with Crippen LogP contribution < -0.4 is 5.32 Å². The maximum atomic E-state index is 12.6. The zero-order valence-corrected chi connectivity index (χ0v) is 15.2. The standard InChI is InChI=1S/C20H25N3O3/c1-5-10-19-22-15(4)16(6-2)14(3)20(25)23-17(18(24)13-21)11-8-7-9-12-26-19/h5-8,10,17-18,24H,1-2,9,11-12H2,3-4H3,(H,23,25)/b8-7-,16-14-,19-10+,22-15+. The lowest BCUT2D eigenvalue weighted by atomic mass is 10.0. The summed E-state index contributed by atoms with van der Waals surface area (Å²) in [4.78, 5) is 17.0. The summed E-state index contributed by atoms with van der Waals surface area (Å²) in [6.07, 6.45) is 8.10. The summed E-state index contributed by atoms with van der Waals surface area (Å²) in [6.45, 7) is 11.2. The Bertz CT molecular complexity index is 708. The second-order valence-corrected chi connectivity index (χ2v) is 5.68. The van der Waals surface area contributed by atoms with Crippen molar-refractivity contribution in [2.45, 2.75) is 38.8 Å². The number of rotatable bonds is 3. The maximum absolute atomic E-state index is 12.6. The van der Waals surface area contributed by atoms with E-state index in [4.69, 9.17) is 10.00 Å². The molecular formula is C20H25N3O3. The zero-order chi connectivity index (χ0) is 19.5. The Morgan fingerprint density at radius 1 is 1.46 bits per heavy atom. The molecule has 6 nitrogen and oxygen atoms in total. The van der Waals surface area contributed by atoms with E-state index in [-0.39, 0.29) is 0 Å². The van der Waals surface area contributed by atoms with Crippen LogP contribution in [0.4, 0.5) is 0 Å². The third kappa shape index (κ3) is 6.19. The van der Waals surface area contributed by atoms with Crippen LogP contribution >= 0.6 is 0 Å². The number of carbonyl (C=O) groups excluding carboxylic acids is 1. The Morgan fingerprint density at radius 3 is 2.81 bits per heavy atom. The number of allylic oxidation sites excluding steroid dienone is 4. The highest BCUT2D eigenvalue weighted by Crippen LogP contribution is 2.14. The van der Waals surface area contributed by atoms with Crippen molar-refractivity contribution >= 4 is 11.6 Å². The highest BCUT2D eigenvalue weighted by Gasteiger charge is 2.22. The third-order valence-corrected chi connectivity index (χ3v) is 3.80. The van der Waals surface area contributed by atoms with E-state index in [1.165, 1.54) is 0 Å². The Morgan fingerprint density at radius 2 is 2.19 bits per heavy atom. The van der Waals surface area contributed by atoms with Crippen LogP contribution in [0.25, 0.3) is 0 Å². The Labute approximate surface area is 154 Å². The van der Waals surface area contributed by atoms with Crippen molar-refractivity contribution < 1.29 is 14.6 Å². The normalized spacial score (nSPS) is 28.4. The molecule has 0 saturated carbocycles. The van der Waals surface area contributed by atoms with E-state index < -0.39 is 18.1 Å². The Kier molecular flexibility index (Phi) is 8.82. The number of aliphatic hydroxyl groups is 1. The predicted molar refractivity (Wildman–Crippen MR) is 102 cm³/mol. The number of hydrogen-bond acceptors (Lipinski definition) is 5. The van der Waals surface area contributed by atoms with Gasteiger partial charge in [0.15, 0.2) is 6.10 Å². The van der Waals surface area contributed by atoms with Gasteiger partial charge in [0, 0.05) is 16.9 Å². The molecule has 1 aliphatic rings. The van der Waals surface area contributed by atoms with Crippen LogP contribution in [0.1, 0.15) is 26.7 Å². The van der Waals surface area contributed by atoms with Crippen molar-refractivity contribution in [1.29, 1.82) is 5.26 Å². The molecule has 0 bridgehead atoms. The summed E-state index contributed by atoms with van der Waals surface area (Å²) in [6, 6.07) is 1.06. The molecule has 0 spiro atoms. The minimum atomic E-state index is -1.30. The van der Waals surface area contributed by atoms with Gasteiger partial charge in [-0.2, -0.15) is 5.26 Å². The van der Waals surface area contributed by atoms with Crippen molar-refractivity contribution in [3.8, 4) is 6.07 Å². The van der Waals surface area contributed by atoms with Crippen molar-refractivity contribution in [3.05, 3.63) is 60.6 Å². The number of hydrogen-bond donors (Lipinski definition) is 2. The first-order valence-corrected chi connectivity index (χ1v) is 8.32. The lowest BCUT2D eigenvalue weighted by Gasteiger charge is -2.20. The van der Waals surface area contributed by atoms with Crippen molar-refractivity contribution in [1.82, 2.24) is 5.32 Å². The molecule has 0 radical (unpaired) electrons. The molecule has 1 heterocycles. The molecule has 0 saturated heterocycles. The summed E-state index contributed by atoms with van der Waals surface area (Å²) in [5.41, 5.74) is 1.50. The third-order valence-electron chi connectivity index (χ3n) is 3.80. The number of aliphatic imine (C=N–C) groups is 1. The van der Waals surface area contributed by atoms with Gasteiger partial charge in [0.25, 0.3) is 0 Å². The summed E-state index contributed by atoms with van der Waals surface area (Å²) in [5.74, 6) is 0.00248. The SMILES string of the molecule is C=C\C=C1/N=C(C)/C(C=C)=C(/C)C(=O)NC(C(O)C#N)C/C=C\CCO1. The zero-order valence-electron chi connectivity index (χ0n) is 15.2. The van der Waals surface area contributed by atoms with E-state index in [1.807, 2.05) is 6.08 Å². The lowest BCUT2D eigenvalue weighted by Crippen LogP contribution is -2.43. The van der Waals surface area contributed by atoms with Crippen molar-refractivity contribution in [3.63, 3.8) is 0 Å². The molecule has 0 aromatic carbocycles. The minimum Gasteiger partial charge on any atom is -0.477 e. The first-order chi connectivity index (χ1) is 12.4. The molecule has 2 N–H and O–H groups in total. The van der Waals surface area contributed by atoms with E-state index in [0.717, 1.165) is 0 Å². The number of nitriles is 1. The molecule has 0 aromatic rings. The van der Waals surface area contributed by atoms with Crippen LogP contribution in [0.15, 0.2) is 65.6 Å². The second-order valence-electron chi connectivity index (χ2n) is 5.68. The van der Waals surface area contributed by atoms with Crippen molar-refractivity contribution in [2.24, 2.45) is 4.99 Å². The van der Waals surface area contributed by atoms with E-state index in [0.29, 0.717) is 42.2 Å². The van der Waals surface area contributed by atoms with Gasteiger partial charge in [-0.1, -0.05) is 37.5 Å². The van der Waals surface area contributed by atoms with Gasteiger partial charge in [-0.05, 0) is 32.8 Å². The summed E-state index contributed by atoms with van der Waals surface area (Å²) >= 11 is 0. The predicted octanol–water partition coefficient (Wildman–Crippen LogP) is 2.71. The quantitative estimate of drug-likeness (QED) is 0.601. The van der Waals surface area contributed by atoms with Crippen LogP contribution in [0.5, 0.6) is 0 Å². The first-order valence-electron chi connectivity index (χ1n) is 8.32. The molecule has 6 heteroatoms. The highest BCUT2D eigenvalue weighted by atomic mass is 16.5. The van der Waals surface area contributed by atoms with Gasteiger partial charge in [0.2, 0.25) is 11.8 Å². The summed E-state index contributed by atoms with van der Waals surface area (Å²) in [7, 11) is 0. The molecule has 1 amide bonds. The van der Waals surface area contributed by atoms with E-state index in [1.54, 1.807) is 44.2 Å². The average Bonchev–Trinajstić information content (AvgIpc) is 2.62. The molecule has 2 atom stereocenters. The number of amides is 1. The number of aliphatic hydroxyl groups excluding tert-OH is 1. The molecule has 138 valence electrons. The van der Waals surface area contributed by atoms with E-state index in [2.05, 4.69) is 23.5 Å². The van der Waals surface area contributed by atoms with Gasteiger partial charge in [-0.25, -0.2) is 4.99 Å². The second kappa shape index (κ2) is 10.9. The van der Waals surface area contributed by atoms with Crippen LogP contribution in [-0.4, -0.2) is 35.5 Å². The molecule has 0 aromatic heterocycles. The fourth-order valence-electron chi connectivity index (χ4n) is 2.36. The van der Waals surface area contributed by atoms with Crippen LogP contribution in [-0.2, 0) is 9.53 Å². The Hall–Kier alpha value is -2.91. The van der Waals surface area contributed by atoms with Gasteiger partial charge in [0.1, 0.15) is 0 Å². The molecular weight excluding hydrogens is 330 g/mol. The molecule has 0 aliphatic carbocycles. The van der Waals surface area contributed by atoms with Gasteiger partial charge in [-0.15, -0.1) is 0 Å². The molecule has 26 heavy (non-hydrogen) atoms. The smallest absolute Gasteiger partial charge is 0.247 e. The fourth-order valence-corrected chi connectivity index (χ4v) is 2.36.